The second-order valence-electron chi connectivity index (χ2n) is 8.99. The van der Waals surface area contributed by atoms with E-state index in [4.69, 9.17) is 9.47 Å². The second-order valence-corrected chi connectivity index (χ2v) is 8.99. The molecule has 9 heteroatoms. The van der Waals surface area contributed by atoms with Gasteiger partial charge in [-0.15, -0.1) is 0 Å². The lowest BCUT2D eigenvalue weighted by molar-refractivity contribution is -0.129. The number of ether oxygens (including phenoxy) is 2. The lowest BCUT2D eigenvalue weighted by Crippen LogP contribution is -2.50. The van der Waals surface area contributed by atoms with Crippen molar-refractivity contribution in [2.75, 3.05) is 19.5 Å². The number of amides is 3. The lowest BCUT2D eigenvalue weighted by Gasteiger charge is -2.31. The van der Waals surface area contributed by atoms with Crippen LogP contribution in [0.5, 0.6) is 11.5 Å². The van der Waals surface area contributed by atoms with Crippen molar-refractivity contribution < 1.29 is 29.0 Å². The van der Waals surface area contributed by atoms with Crippen LogP contribution in [0.4, 0.5) is 10.5 Å². The van der Waals surface area contributed by atoms with Crippen LogP contribution in [-0.4, -0.2) is 54.2 Å². The van der Waals surface area contributed by atoms with Gasteiger partial charge in [0.05, 0.1) is 14.2 Å². The van der Waals surface area contributed by atoms with E-state index in [9.17, 15) is 19.5 Å². The molecule has 2 fully saturated rings. The zero-order chi connectivity index (χ0) is 24.9. The van der Waals surface area contributed by atoms with Crippen LogP contribution in [0.15, 0.2) is 48.5 Å². The molecule has 4 atom stereocenters. The number of likely N-dealkylation sites (tertiary alicyclic amines) is 1. The molecule has 4 rings (SSSR count). The summed E-state index contributed by atoms with van der Waals surface area (Å²) < 4.78 is 10.4. The molecule has 2 aliphatic rings. The summed E-state index contributed by atoms with van der Waals surface area (Å²) >= 11 is 0. The van der Waals surface area contributed by atoms with Gasteiger partial charge in [-0.3, -0.25) is 14.5 Å². The highest BCUT2D eigenvalue weighted by Crippen LogP contribution is 2.40. The molecular formula is C26H31N3O6. The number of fused-ring (bicyclic) bond motifs is 1. The number of carbonyl (C=O) groups excluding carboxylic acids is 2. The summed E-state index contributed by atoms with van der Waals surface area (Å²) in [5.41, 5.74) is 1.10. The van der Waals surface area contributed by atoms with Crippen LogP contribution < -0.4 is 20.1 Å². The molecule has 1 aliphatic heterocycles. The molecule has 0 aromatic heterocycles. The van der Waals surface area contributed by atoms with Crippen LogP contribution in [0, 0.1) is 5.92 Å². The summed E-state index contributed by atoms with van der Waals surface area (Å²) in [5, 5.41) is 15.5. The first-order valence-corrected chi connectivity index (χ1v) is 11.8. The fraction of sp³-hybridized carbons (Fsp3) is 0.423. The third-order valence-electron chi connectivity index (χ3n) is 6.97. The van der Waals surface area contributed by atoms with E-state index in [1.54, 1.807) is 62.8 Å². The molecule has 3 N–H and O–H groups in total. The molecule has 1 saturated heterocycles. The highest BCUT2D eigenvalue weighted by atomic mass is 16.5. The van der Waals surface area contributed by atoms with Gasteiger partial charge in [0.15, 0.2) is 0 Å². The van der Waals surface area contributed by atoms with Gasteiger partial charge < -0.3 is 25.2 Å². The van der Waals surface area contributed by atoms with Crippen LogP contribution in [-0.2, 0) is 9.59 Å². The summed E-state index contributed by atoms with van der Waals surface area (Å²) in [6, 6.07) is 11.7. The van der Waals surface area contributed by atoms with E-state index in [1.165, 1.54) is 4.90 Å². The van der Waals surface area contributed by atoms with Crippen LogP contribution in [0.2, 0.25) is 0 Å². The van der Waals surface area contributed by atoms with Gasteiger partial charge in [-0.2, -0.15) is 0 Å². The fourth-order valence-corrected chi connectivity index (χ4v) is 5.19. The van der Waals surface area contributed by atoms with E-state index in [0.29, 0.717) is 29.2 Å². The molecule has 1 heterocycles. The summed E-state index contributed by atoms with van der Waals surface area (Å²) in [5.74, 6) is 0.535. The monoisotopic (exact) mass is 481 g/mol. The van der Waals surface area contributed by atoms with Crippen molar-refractivity contribution in [1.29, 1.82) is 0 Å². The smallest absolute Gasteiger partial charge is 0.408 e. The number of carbonyl (C=O) groups is 3. The molecule has 1 saturated carbocycles. The number of anilines is 1. The third-order valence-corrected chi connectivity index (χ3v) is 6.97. The topological polar surface area (TPSA) is 117 Å². The first-order chi connectivity index (χ1) is 16.9. The number of methoxy groups -OCH3 is 2. The maximum Gasteiger partial charge on any atom is 0.408 e. The Balaban J connectivity index is 1.57. The molecule has 2 aromatic carbocycles. The average molecular weight is 482 g/mol. The van der Waals surface area contributed by atoms with Crippen molar-refractivity contribution in [3.63, 3.8) is 0 Å². The average Bonchev–Trinajstić information content (AvgIpc) is 3.28. The minimum Gasteiger partial charge on any atom is -0.497 e. The molecule has 9 nitrogen and oxygen atoms in total. The zero-order valence-corrected chi connectivity index (χ0v) is 19.9. The minimum absolute atomic E-state index is 0.149. The Labute approximate surface area is 204 Å². The Morgan fingerprint density at radius 1 is 0.943 bits per heavy atom. The summed E-state index contributed by atoms with van der Waals surface area (Å²) in [6.07, 6.45) is 3.06. The predicted molar refractivity (Wildman–Crippen MR) is 130 cm³/mol. The Bertz CT molecular complexity index is 1060. The van der Waals surface area contributed by atoms with Gasteiger partial charge >= 0.3 is 6.09 Å². The first kappa shape index (κ1) is 24.4. The number of rotatable bonds is 7. The number of hydrogen-bond acceptors (Lipinski definition) is 5. The van der Waals surface area contributed by atoms with Gasteiger partial charge in [-0.1, -0.05) is 25.0 Å². The normalized spacial score (nSPS) is 22.0. The second kappa shape index (κ2) is 10.7. The highest BCUT2D eigenvalue weighted by Gasteiger charge is 2.48. The van der Waals surface area contributed by atoms with Crippen molar-refractivity contribution in [1.82, 2.24) is 10.2 Å². The molecule has 3 unspecified atom stereocenters. The maximum atomic E-state index is 13.4. The van der Waals surface area contributed by atoms with Gasteiger partial charge in [-0.05, 0) is 67.1 Å². The van der Waals surface area contributed by atoms with Crippen molar-refractivity contribution in [2.24, 2.45) is 5.92 Å². The Morgan fingerprint density at radius 2 is 1.54 bits per heavy atom. The van der Waals surface area contributed by atoms with Gasteiger partial charge in [0, 0.05) is 11.7 Å². The van der Waals surface area contributed by atoms with E-state index in [0.717, 1.165) is 25.7 Å². The Morgan fingerprint density at radius 3 is 2.14 bits per heavy atom. The molecule has 0 radical (unpaired) electrons. The van der Waals surface area contributed by atoms with E-state index in [-0.39, 0.29) is 12.0 Å². The van der Waals surface area contributed by atoms with Crippen molar-refractivity contribution >= 4 is 23.6 Å². The van der Waals surface area contributed by atoms with Gasteiger partial charge in [-0.25, -0.2) is 4.79 Å². The molecule has 1 aliphatic carbocycles. The van der Waals surface area contributed by atoms with E-state index < -0.39 is 30.0 Å². The van der Waals surface area contributed by atoms with Crippen LogP contribution >= 0.6 is 0 Å². The van der Waals surface area contributed by atoms with Gasteiger partial charge in [0.1, 0.15) is 23.6 Å². The predicted octanol–water partition coefficient (Wildman–Crippen LogP) is 3.81. The van der Waals surface area contributed by atoms with Crippen LogP contribution in [0.1, 0.15) is 43.7 Å². The Hall–Kier alpha value is -3.75. The summed E-state index contributed by atoms with van der Waals surface area (Å²) in [6.45, 7) is 0. The molecule has 35 heavy (non-hydrogen) atoms. The minimum atomic E-state index is -1.09. The quantitative estimate of drug-likeness (QED) is 0.554. The summed E-state index contributed by atoms with van der Waals surface area (Å²) in [7, 11) is 3.10. The lowest BCUT2D eigenvalue weighted by atomic mass is 9.85. The highest BCUT2D eigenvalue weighted by molar-refractivity contribution is 5.99. The molecule has 0 bridgehead atoms. The van der Waals surface area contributed by atoms with Crippen LogP contribution in [0.3, 0.4) is 0 Å². The van der Waals surface area contributed by atoms with Crippen molar-refractivity contribution in [2.45, 2.75) is 50.2 Å². The van der Waals surface area contributed by atoms with Crippen LogP contribution in [0.25, 0.3) is 0 Å². The number of carboxylic acid groups (broad SMARTS) is 1. The largest absolute Gasteiger partial charge is 0.497 e. The number of benzene rings is 2. The maximum absolute atomic E-state index is 13.4. The molecule has 0 spiro atoms. The van der Waals surface area contributed by atoms with E-state index in [1.807, 2.05) is 0 Å². The van der Waals surface area contributed by atoms with Gasteiger partial charge in [0.25, 0.3) is 5.91 Å². The number of hydrogen-bond donors (Lipinski definition) is 3. The van der Waals surface area contributed by atoms with E-state index >= 15 is 0 Å². The summed E-state index contributed by atoms with van der Waals surface area (Å²) in [4.78, 5) is 40.1. The van der Waals surface area contributed by atoms with Gasteiger partial charge in [0.2, 0.25) is 5.91 Å². The first-order valence-electron chi connectivity index (χ1n) is 11.8. The Kier molecular flexibility index (Phi) is 7.43. The molecular weight excluding hydrogens is 450 g/mol. The van der Waals surface area contributed by atoms with E-state index in [2.05, 4.69) is 10.6 Å². The van der Waals surface area contributed by atoms with Crippen molar-refractivity contribution in [3.05, 3.63) is 54.1 Å². The third kappa shape index (κ3) is 5.34. The standard InChI is InChI=1S/C26H31N3O6/c1-34-19-11-7-16(8-12-19)23(25(31)27-18-9-13-20(35-2)14-10-18)28-24(30)22-15-17-5-3-4-6-21(17)29(22)26(32)33/h7-14,17,21-23H,3-6,15H2,1-2H3,(H,27,31)(H,28,30)(H,32,33)/t17?,21?,22?,23-/m0/s1. The zero-order valence-electron chi connectivity index (χ0n) is 19.9. The molecule has 3 amide bonds. The number of nitrogens with one attached hydrogen (secondary N) is 2. The SMILES string of the molecule is COc1ccc(NC(=O)[C@@H](NC(=O)C2CC3CCCCC3N2C(=O)O)c2ccc(OC)cc2)cc1. The van der Waals surface area contributed by atoms with Crippen molar-refractivity contribution in [3.8, 4) is 11.5 Å². The molecule has 186 valence electrons. The molecule has 2 aromatic rings. The fourth-order valence-electron chi connectivity index (χ4n) is 5.19. The number of nitrogens with zero attached hydrogens (tertiary/aromatic N) is 1.